The van der Waals surface area contributed by atoms with Crippen LogP contribution in [0.1, 0.15) is 20.3 Å². The summed E-state index contributed by atoms with van der Waals surface area (Å²) in [5.41, 5.74) is 5.31. The number of rotatable bonds is 5. The van der Waals surface area contributed by atoms with Crippen LogP contribution in [0.25, 0.3) is 0 Å². The van der Waals surface area contributed by atoms with Crippen molar-refractivity contribution in [3.63, 3.8) is 0 Å². The average molecular weight is 307 g/mol. The lowest BCUT2D eigenvalue weighted by Gasteiger charge is -2.42. The van der Waals surface area contributed by atoms with E-state index in [1.807, 2.05) is 0 Å². The van der Waals surface area contributed by atoms with Crippen LogP contribution >= 0.6 is 12.2 Å². The Labute approximate surface area is 117 Å². The predicted molar refractivity (Wildman–Crippen MR) is 73.8 cm³/mol. The Morgan fingerprint density at radius 3 is 2.42 bits per heavy atom. The molecule has 2 N–H and O–H groups in total. The van der Waals surface area contributed by atoms with Gasteiger partial charge in [-0.05, 0) is 13.8 Å². The van der Waals surface area contributed by atoms with Crippen molar-refractivity contribution >= 4 is 39.0 Å². The molecule has 1 rings (SSSR count). The van der Waals surface area contributed by atoms with E-state index in [0.29, 0.717) is 17.3 Å². The van der Waals surface area contributed by atoms with E-state index < -0.39 is 33.1 Å². The molecule has 1 saturated heterocycles. The summed E-state index contributed by atoms with van der Waals surface area (Å²) in [6.07, 6.45) is 0.351. The molecule has 0 unspecified atom stereocenters. The van der Waals surface area contributed by atoms with Crippen LogP contribution in [0.3, 0.4) is 0 Å². The van der Waals surface area contributed by atoms with Crippen molar-refractivity contribution in [2.45, 2.75) is 25.0 Å². The predicted octanol–water partition coefficient (Wildman–Crippen LogP) is -0.928. The normalized spacial score (nSPS) is 19.7. The number of nitrogens with two attached hydrogens (primary N) is 1. The fourth-order valence-electron chi connectivity index (χ4n) is 1.56. The second-order valence-corrected chi connectivity index (χ2v) is 7.79. The van der Waals surface area contributed by atoms with E-state index in [0.717, 1.165) is 0 Å². The molecule has 19 heavy (non-hydrogen) atoms. The Kier molecular flexibility index (Phi) is 4.20. The van der Waals surface area contributed by atoms with Gasteiger partial charge in [0.15, 0.2) is 4.75 Å². The molecule has 0 aromatic heterocycles. The molecule has 0 saturated carbocycles. The fraction of sp³-hybridized carbons (Fsp3) is 0.700. The van der Waals surface area contributed by atoms with Crippen molar-refractivity contribution in [1.29, 1.82) is 0 Å². The summed E-state index contributed by atoms with van der Waals surface area (Å²) in [6, 6.07) is 0. The molecule has 0 aromatic rings. The highest BCUT2D eigenvalue weighted by molar-refractivity contribution is 7.94. The van der Waals surface area contributed by atoms with Gasteiger partial charge in [-0.2, -0.15) is 0 Å². The largest absolute Gasteiger partial charge is 0.393 e. The molecule has 0 aromatic carbocycles. The SMILES string of the molecule is CN(CCC(N)=S)C(=O)CN1C(=O)C(C)(C)S1(=O)=O. The summed E-state index contributed by atoms with van der Waals surface area (Å²) in [5, 5.41) is 0. The molecule has 108 valence electrons. The number of carbonyl (C=O) groups excluding carboxylic acids is 2. The van der Waals surface area contributed by atoms with Crippen molar-refractivity contribution in [1.82, 2.24) is 9.21 Å². The maximum Gasteiger partial charge on any atom is 0.259 e. The lowest BCUT2D eigenvalue weighted by molar-refractivity contribution is -0.139. The van der Waals surface area contributed by atoms with Crippen LogP contribution in [0, 0.1) is 0 Å². The highest BCUT2D eigenvalue weighted by Crippen LogP contribution is 2.34. The van der Waals surface area contributed by atoms with Gasteiger partial charge < -0.3 is 10.6 Å². The third kappa shape index (κ3) is 2.71. The fourth-order valence-corrected chi connectivity index (χ4v) is 3.13. The van der Waals surface area contributed by atoms with E-state index >= 15 is 0 Å². The average Bonchev–Trinajstić information content (AvgIpc) is 2.31. The highest BCUT2D eigenvalue weighted by atomic mass is 32.2. The summed E-state index contributed by atoms with van der Waals surface area (Å²) in [4.78, 5) is 25.0. The van der Waals surface area contributed by atoms with Crippen LogP contribution in [0.15, 0.2) is 0 Å². The molecule has 0 bridgehead atoms. The molecule has 1 aliphatic heterocycles. The van der Waals surface area contributed by atoms with E-state index in [2.05, 4.69) is 12.2 Å². The summed E-state index contributed by atoms with van der Waals surface area (Å²) < 4.78 is 22.8. The second kappa shape index (κ2) is 5.04. The minimum Gasteiger partial charge on any atom is -0.393 e. The number of amides is 2. The first-order chi connectivity index (χ1) is 8.51. The Bertz CT molecular complexity index is 527. The van der Waals surface area contributed by atoms with Crippen LogP contribution in [0.2, 0.25) is 0 Å². The molecule has 1 fully saturated rings. The molecular weight excluding hydrogens is 290 g/mol. The van der Waals surface area contributed by atoms with Gasteiger partial charge in [-0.15, -0.1) is 0 Å². The van der Waals surface area contributed by atoms with Gasteiger partial charge in [0.2, 0.25) is 5.91 Å². The van der Waals surface area contributed by atoms with Gasteiger partial charge in [-0.3, -0.25) is 9.59 Å². The standard InChI is InChI=1S/C10H17N3O4S2/c1-10(2)9(15)13(19(10,16)17)6-8(14)12(3)5-4-7(11)18/h4-6H2,1-3H3,(H2,11,18). The van der Waals surface area contributed by atoms with E-state index in [1.54, 1.807) is 0 Å². The number of hydrogen-bond donors (Lipinski definition) is 1. The molecule has 1 aliphatic rings. The minimum atomic E-state index is -3.72. The van der Waals surface area contributed by atoms with Crippen molar-refractivity contribution in [2.24, 2.45) is 5.73 Å². The molecule has 7 nitrogen and oxygen atoms in total. The van der Waals surface area contributed by atoms with Gasteiger partial charge in [-0.1, -0.05) is 12.2 Å². The van der Waals surface area contributed by atoms with E-state index in [-0.39, 0.29) is 4.99 Å². The number of carbonyl (C=O) groups is 2. The summed E-state index contributed by atoms with van der Waals surface area (Å²) in [5.74, 6) is -1.03. The van der Waals surface area contributed by atoms with Gasteiger partial charge in [0, 0.05) is 20.0 Å². The lowest BCUT2D eigenvalue weighted by atomic mass is 10.2. The van der Waals surface area contributed by atoms with Crippen LogP contribution in [-0.4, -0.2) is 59.3 Å². The number of likely N-dealkylation sites (N-methyl/N-ethyl adjacent to an activating group) is 1. The summed E-state index contributed by atoms with van der Waals surface area (Å²) in [6.45, 7) is 2.46. The first kappa shape index (κ1) is 15.8. The Balaban J connectivity index is 2.65. The minimum absolute atomic E-state index is 0.272. The monoisotopic (exact) mass is 307 g/mol. The topological polar surface area (TPSA) is 101 Å². The van der Waals surface area contributed by atoms with E-state index in [9.17, 15) is 18.0 Å². The quantitative estimate of drug-likeness (QED) is 0.659. The number of nitrogens with zero attached hydrogens (tertiary/aromatic N) is 2. The maximum absolute atomic E-state index is 11.8. The second-order valence-electron chi connectivity index (χ2n) is 4.86. The lowest BCUT2D eigenvalue weighted by Crippen LogP contribution is -2.68. The molecule has 0 spiro atoms. The zero-order chi connectivity index (χ0) is 15.0. The van der Waals surface area contributed by atoms with Crippen molar-refractivity contribution < 1.29 is 18.0 Å². The Morgan fingerprint density at radius 2 is 2.00 bits per heavy atom. The van der Waals surface area contributed by atoms with E-state index in [4.69, 9.17) is 5.73 Å². The number of thiocarbonyl (C=S) groups is 1. The van der Waals surface area contributed by atoms with Gasteiger partial charge in [0.25, 0.3) is 15.9 Å². The van der Waals surface area contributed by atoms with Crippen LogP contribution in [0.5, 0.6) is 0 Å². The zero-order valence-corrected chi connectivity index (χ0v) is 12.7. The van der Waals surface area contributed by atoms with Crippen LogP contribution in [-0.2, 0) is 19.6 Å². The third-order valence-electron chi connectivity index (χ3n) is 3.07. The first-order valence-corrected chi connectivity index (χ1v) is 7.45. The molecule has 1 heterocycles. The third-order valence-corrected chi connectivity index (χ3v) is 5.62. The van der Waals surface area contributed by atoms with E-state index in [1.165, 1.54) is 25.8 Å². The van der Waals surface area contributed by atoms with Crippen molar-refractivity contribution in [2.75, 3.05) is 20.1 Å². The smallest absolute Gasteiger partial charge is 0.259 e. The Hall–Kier alpha value is -1.22. The van der Waals surface area contributed by atoms with Crippen LogP contribution < -0.4 is 5.73 Å². The van der Waals surface area contributed by atoms with Gasteiger partial charge in [-0.25, -0.2) is 12.7 Å². The number of hydrogen-bond acceptors (Lipinski definition) is 5. The molecule has 2 amide bonds. The van der Waals surface area contributed by atoms with Crippen molar-refractivity contribution in [3.05, 3.63) is 0 Å². The number of sulfonamides is 1. The van der Waals surface area contributed by atoms with Gasteiger partial charge in [0.1, 0.15) is 6.54 Å². The van der Waals surface area contributed by atoms with Gasteiger partial charge in [0.05, 0.1) is 4.99 Å². The molecule has 0 aliphatic carbocycles. The zero-order valence-electron chi connectivity index (χ0n) is 11.0. The molecular formula is C10H17N3O4S2. The summed E-state index contributed by atoms with van der Waals surface area (Å²) in [7, 11) is -2.22. The molecule has 0 radical (unpaired) electrons. The van der Waals surface area contributed by atoms with Crippen molar-refractivity contribution in [3.8, 4) is 0 Å². The first-order valence-electron chi connectivity index (χ1n) is 5.61. The Morgan fingerprint density at radius 1 is 1.47 bits per heavy atom. The molecule has 0 atom stereocenters. The summed E-state index contributed by atoms with van der Waals surface area (Å²) >= 11 is 4.69. The maximum atomic E-state index is 11.8. The molecule has 9 heteroatoms. The highest BCUT2D eigenvalue weighted by Gasteiger charge is 2.60. The van der Waals surface area contributed by atoms with Crippen LogP contribution in [0.4, 0.5) is 0 Å². The van der Waals surface area contributed by atoms with Gasteiger partial charge >= 0.3 is 0 Å².